The number of carbonyl (C=O) groups excluding carboxylic acids is 2. The lowest BCUT2D eigenvalue weighted by atomic mass is 10.1. The van der Waals surface area contributed by atoms with Gasteiger partial charge >= 0.3 is 11.9 Å². The molecule has 2 aliphatic rings. The Labute approximate surface area is 193 Å². The van der Waals surface area contributed by atoms with Gasteiger partial charge in [-0.1, -0.05) is 24.3 Å². The normalized spacial score (nSPS) is 19.5. The highest BCUT2D eigenvalue weighted by Gasteiger charge is 2.20. The Bertz CT molecular complexity index is 1070. The van der Waals surface area contributed by atoms with E-state index in [2.05, 4.69) is 12.2 Å². The van der Waals surface area contributed by atoms with Crippen molar-refractivity contribution in [3.05, 3.63) is 72.8 Å². The van der Waals surface area contributed by atoms with E-state index >= 15 is 0 Å². The molecule has 2 aromatic rings. The average molecular weight is 467 g/mol. The van der Waals surface area contributed by atoms with Gasteiger partial charge in [0.25, 0.3) is 0 Å². The molecule has 2 aromatic carbocycles. The summed E-state index contributed by atoms with van der Waals surface area (Å²) in [6.45, 7) is 0. The second-order valence-corrected chi connectivity index (χ2v) is 10.3. The molecule has 0 amide bonds. The SMILES string of the molecule is O=C(CC1C=CCC1)Oc1ccc(S(=O)(=O)c2ccc(OC(=O)CC3C=CCC3)cc2)cc1. The van der Waals surface area contributed by atoms with E-state index in [0.717, 1.165) is 25.7 Å². The van der Waals surface area contributed by atoms with Crippen molar-refractivity contribution in [2.75, 3.05) is 0 Å². The van der Waals surface area contributed by atoms with Gasteiger partial charge < -0.3 is 9.47 Å². The molecular weight excluding hydrogens is 440 g/mol. The van der Waals surface area contributed by atoms with Crippen LogP contribution in [0.1, 0.15) is 38.5 Å². The molecule has 0 aromatic heterocycles. The van der Waals surface area contributed by atoms with Crippen LogP contribution in [-0.2, 0) is 19.4 Å². The van der Waals surface area contributed by atoms with Crippen molar-refractivity contribution in [1.29, 1.82) is 0 Å². The molecule has 0 spiro atoms. The van der Waals surface area contributed by atoms with Crippen molar-refractivity contribution in [3.63, 3.8) is 0 Å². The van der Waals surface area contributed by atoms with Crippen molar-refractivity contribution >= 4 is 21.8 Å². The molecule has 2 atom stereocenters. The van der Waals surface area contributed by atoms with Gasteiger partial charge in [-0.15, -0.1) is 0 Å². The highest BCUT2D eigenvalue weighted by atomic mass is 32.2. The fourth-order valence-corrected chi connectivity index (χ4v) is 5.28. The summed E-state index contributed by atoms with van der Waals surface area (Å²) in [5.74, 6) is 0.353. The predicted molar refractivity (Wildman–Crippen MR) is 123 cm³/mol. The third-order valence-electron chi connectivity index (χ3n) is 5.81. The summed E-state index contributed by atoms with van der Waals surface area (Å²) >= 11 is 0. The predicted octanol–water partition coefficient (Wildman–Crippen LogP) is 5.04. The Hall–Kier alpha value is -3.19. The maximum absolute atomic E-state index is 12.9. The Kier molecular flexibility index (Phi) is 7.08. The van der Waals surface area contributed by atoms with Gasteiger partial charge in [0.05, 0.1) is 22.6 Å². The van der Waals surface area contributed by atoms with E-state index in [-0.39, 0.29) is 33.6 Å². The number of sulfone groups is 1. The third-order valence-corrected chi connectivity index (χ3v) is 7.60. The Morgan fingerprint density at radius 3 is 1.42 bits per heavy atom. The summed E-state index contributed by atoms with van der Waals surface area (Å²) in [6, 6.07) is 11.6. The molecule has 7 heteroatoms. The zero-order valence-corrected chi connectivity index (χ0v) is 19.0. The minimum atomic E-state index is -3.77. The van der Waals surface area contributed by atoms with Crippen LogP contribution in [0.4, 0.5) is 0 Å². The topological polar surface area (TPSA) is 86.7 Å². The van der Waals surface area contributed by atoms with E-state index in [1.54, 1.807) is 0 Å². The minimum absolute atomic E-state index is 0.0822. The number of carbonyl (C=O) groups is 2. The molecular formula is C26H26O6S. The largest absolute Gasteiger partial charge is 0.427 e. The quantitative estimate of drug-likeness (QED) is 0.308. The van der Waals surface area contributed by atoms with E-state index in [1.165, 1.54) is 48.5 Å². The molecule has 4 rings (SSSR count). The molecule has 0 saturated heterocycles. The number of rotatable bonds is 8. The first-order valence-electron chi connectivity index (χ1n) is 11.1. The fourth-order valence-electron chi connectivity index (χ4n) is 4.01. The van der Waals surface area contributed by atoms with Crippen LogP contribution >= 0.6 is 0 Å². The maximum atomic E-state index is 12.9. The number of ether oxygens (including phenoxy) is 2. The van der Waals surface area contributed by atoms with Gasteiger partial charge in [-0.2, -0.15) is 0 Å². The number of allylic oxidation sites excluding steroid dienone is 4. The summed E-state index contributed by atoms with van der Waals surface area (Å²) in [6.07, 6.45) is 12.6. The highest BCUT2D eigenvalue weighted by Crippen LogP contribution is 2.27. The van der Waals surface area contributed by atoms with Crippen LogP contribution < -0.4 is 9.47 Å². The van der Waals surface area contributed by atoms with Crippen molar-refractivity contribution in [1.82, 2.24) is 0 Å². The number of hydrogen-bond acceptors (Lipinski definition) is 6. The van der Waals surface area contributed by atoms with Crippen molar-refractivity contribution < 1.29 is 27.5 Å². The van der Waals surface area contributed by atoms with Crippen molar-refractivity contribution in [2.45, 2.75) is 48.3 Å². The highest BCUT2D eigenvalue weighted by molar-refractivity contribution is 7.91. The minimum Gasteiger partial charge on any atom is -0.427 e. The molecule has 6 nitrogen and oxygen atoms in total. The lowest BCUT2D eigenvalue weighted by Crippen LogP contribution is -2.12. The summed E-state index contributed by atoms with van der Waals surface area (Å²) in [4.78, 5) is 24.3. The van der Waals surface area contributed by atoms with E-state index in [9.17, 15) is 18.0 Å². The van der Waals surface area contributed by atoms with Crippen LogP contribution in [0.5, 0.6) is 11.5 Å². The van der Waals surface area contributed by atoms with Crippen LogP contribution in [0.3, 0.4) is 0 Å². The lowest BCUT2D eigenvalue weighted by molar-refractivity contribution is -0.136. The number of benzene rings is 2. The zero-order valence-electron chi connectivity index (χ0n) is 18.2. The fraction of sp³-hybridized carbons (Fsp3) is 0.308. The van der Waals surface area contributed by atoms with E-state index in [4.69, 9.17) is 9.47 Å². The molecule has 2 unspecified atom stereocenters. The Morgan fingerprint density at radius 1 is 0.697 bits per heavy atom. The van der Waals surface area contributed by atoms with Gasteiger partial charge in [0, 0.05) is 0 Å². The van der Waals surface area contributed by atoms with Crippen LogP contribution in [0.25, 0.3) is 0 Å². The van der Waals surface area contributed by atoms with Gasteiger partial charge in [0.1, 0.15) is 11.5 Å². The molecule has 0 N–H and O–H groups in total. The first-order valence-corrected chi connectivity index (χ1v) is 12.6. The smallest absolute Gasteiger partial charge is 0.311 e. The van der Waals surface area contributed by atoms with Gasteiger partial charge in [0.15, 0.2) is 0 Å². The standard InChI is InChI=1S/C26H26O6S/c27-25(17-19-5-1-2-6-19)31-21-9-13-23(14-10-21)33(29,30)24-15-11-22(12-16-24)32-26(28)18-20-7-3-4-8-20/h1,3,5,7,9-16,19-20H,2,4,6,8,17-18H2. The van der Waals surface area contributed by atoms with Gasteiger partial charge in [-0.25, -0.2) is 8.42 Å². The second-order valence-electron chi connectivity index (χ2n) is 8.33. The summed E-state index contributed by atoms with van der Waals surface area (Å²) in [5, 5.41) is 0. The lowest BCUT2D eigenvalue weighted by Gasteiger charge is -2.10. The molecule has 0 saturated carbocycles. The molecule has 33 heavy (non-hydrogen) atoms. The molecule has 0 aliphatic heterocycles. The van der Waals surface area contributed by atoms with Crippen LogP contribution in [0.15, 0.2) is 82.6 Å². The maximum Gasteiger partial charge on any atom is 0.311 e. The third kappa shape index (κ3) is 5.99. The molecule has 172 valence electrons. The second kappa shape index (κ2) is 10.2. The Morgan fingerprint density at radius 2 is 1.09 bits per heavy atom. The van der Waals surface area contributed by atoms with Gasteiger partial charge in [-0.3, -0.25) is 9.59 Å². The monoisotopic (exact) mass is 466 g/mol. The number of esters is 2. The molecule has 0 bridgehead atoms. The number of hydrogen-bond donors (Lipinski definition) is 0. The van der Waals surface area contributed by atoms with Crippen LogP contribution in [-0.4, -0.2) is 20.4 Å². The zero-order chi connectivity index (χ0) is 23.3. The average Bonchev–Trinajstić information content (AvgIpc) is 3.49. The Balaban J connectivity index is 1.35. The van der Waals surface area contributed by atoms with Gasteiger partial charge in [-0.05, 0) is 86.1 Å². The van der Waals surface area contributed by atoms with E-state index in [0.29, 0.717) is 24.3 Å². The van der Waals surface area contributed by atoms with Crippen LogP contribution in [0.2, 0.25) is 0 Å². The summed E-state index contributed by atoms with van der Waals surface area (Å²) in [5.41, 5.74) is 0. The van der Waals surface area contributed by atoms with E-state index in [1.807, 2.05) is 12.2 Å². The molecule has 0 radical (unpaired) electrons. The van der Waals surface area contributed by atoms with Gasteiger partial charge in [0.2, 0.25) is 9.84 Å². The molecule has 2 aliphatic carbocycles. The van der Waals surface area contributed by atoms with Crippen LogP contribution in [0, 0.1) is 11.8 Å². The molecule has 0 heterocycles. The first-order chi connectivity index (χ1) is 15.9. The summed E-state index contributed by atoms with van der Waals surface area (Å²) < 4.78 is 36.5. The summed E-state index contributed by atoms with van der Waals surface area (Å²) in [7, 11) is -3.77. The molecule has 0 fully saturated rings. The van der Waals surface area contributed by atoms with Crippen molar-refractivity contribution in [2.24, 2.45) is 11.8 Å². The van der Waals surface area contributed by atoms with Crippen molar-refractivity contribution in [3.8, 4) is 11.5 Å². The first kappa shape index (κ1) is 23.0. The van der Waals surface area contributed by atoms with E-state index < -0.39 is 9.84 Å².